The molecule has 0 aliphatic carbocycles. The van der Waals surface area contributed by atoms with E-state index in [0.29, 0.717) is 12.0 Å². The van der Waals surface area contributed by atoms with E-state index in [1.54, 1.807) is 11.3 Å². The molecule has 2 rings (SSSR count). The Hall–Kier alpha value is -1.07. The highest BCUT2D eigenvalue weighted by Crippen LogP contribution is 2.26. The van der Waals surface area contributed by atoms with Gasteiger partial charge < -0.3 is 9.64 Å². The zero-order valence-electron chi connectivity index (χ0n) is 14.3. The summed E-state index contributed by atoms with van der Waals surface area (Å²) in [7, 11) is 2.17. The minimum Gasteiger partial charge on any atom is -0.444 e. The summed E-state index contributed by atoms with van der Waals surface area (Å²) in [5.74, 6) is 0.528. The number of hydrogen-bond acceptors (Lipinski definition) is 4. The molecule has 5 heteroatoms. The monoisotopic (exact) mass is 324 g/mol. The summed E-state index contributed by atoms with van der Waals surface area (Å²) in [6.07, 6.45) is 0.879. The minimum atomic E-state index is -0.417. The van der Waals surface area contributed by atoms with Gasteiger partial charge in [0, 0.05) is 30.6 Å². The normalized spacial score (nSPS) is 20.5. The predicted octanol–water partition coefficient (Wildman–Crippen LogP) is 4.00. The van der Waals surface area contributed by atoms with Crippen molar-refractivity contribution in [1.82, 2.24) is 9.80 Å². The highest BCUT2D eigenvalue weighted by Gasteiger charge is 2.30. The van der Waals surface area contributed by atoms with Crippen molar-refractivity contribution < 1.29 is 9.53 Å². The fourth-order valence-corrected chi connectivity index (χ4v) is 3.63. The van der Waals surface area contributed by atoms with Crippen LogP contribution in [0.5, 0.6) is 0 Å². The molecule has 0 radical (unpaired) electrons. The summed E-state index contributed by atoms with van der Waals surface area (Å²) in [6.45, 7) is 10.6. The Morgan fingerprint density at radius 3 is 2.86 bits per heavy atom. The fraction of sp³-hybridized carbons (Fsp3) is 0.706. The van der Waals surface area contributed by atoms with Gasteiger partial charge in [0.1, 0.15) is 5.60 Å². The number of carbonyl (C=O) groups is 1. The van der Waals surface area contributed by atoms with E-state index in [-0.39, 0.29) is 6.09 Å². The SMILES string of the molecule is CC(c1cccs1)N(C)CC1CCN(C(=O)OC(C)(C)C)C1. The van der Waals surface area contributed by atoms with Crippen LogP contribution < -0.4 is 0 Å². The average Bonchev–Trinajstić information content (AvgIpc) is 3.06. The minimum absolute atomic E-state index is 0.177. The third-order valence-corrected chi connectivity index (χ3v) is 5.14. The second-order valence-electron chi connectivity index (χ2n) is 7.21. The Bertz CT molecular complexity index is 481. The number of nitrogens with zero attached hydrogens (tertiary/aromatic N) is 2. The van der Waals surface area contributed by atoms with E-state index >= 15 is 0 Å². The zero-order valence-corrected chi connectivity index (χ0v) is 15.2. The van der Waals surface area contributed by atoms with E-state index in [9.17, 15) is 4.79 Å². The number of likely N-dealkylation sites (tertiary alicyclic amines) is 1. The molecule has 2 heterocycles. The zero-order chi connectivity index (χ0) is 16.3. The number of carbonyl (C=O) groups excluding carboxylic acids is 1. The maximum Gasteiger partial charge on any atom is 0.410 e. The first-order valence-corrected chi connectivity index (χ1v) is 8.86. The summed E-state index contributed by atoms with van der Waals surface area (Å²) >= 11 is 1.80. The lowest BCUT2D eigenvalue weighted by atomic mass is 10.1. The Balaban J connectivity index is 1.82. The first-order valence-electron chi connectivity index (χ1n) is 7.98. The average molecular weight is 324 g/mol. The fourth-order valence-electron chi connectivity index (χ4n) is 2.79. The predicted molar refractivity (Wildman–Crippen MR) is 91.3 cm³/mol. The summed E-state index contributed by atoms with van der Waals surface area (Å²) in [5, 5.41) is 2.12. The van der Waals surface area contributed by atoms with Crippen LogP contribution in [0.2, 0.25) is 0 Å². The topological polar surface area (TPSA) is 32.8 Å². The number of ether oxygens (including phenoxy) is 1. The van der Waals surface area contributed by atoms with Crippen molar-refractivity contribution in [3.63, 3.8) is 0 Å². The molecule has 0 spiro atoms. The summed E-state index contributed by atoms with van der Waals surface area (Å²) in [4.78, 5) is 17.7. The molecule has 22 heavy (non-hydrogen) atoms. The van der Waals surface area contributed by atoms with Crippen LogP contribution in [0.4, 0.5) is 4.79 Å². The summed E-state index contributed by atoms with van der Waals surface area (Å²) < 4.78 is 5.46. The van der Waals surface area contributed by atoms with Crippen molar-refractivity contribution in [2.45, 2.75) is 45.8 Å². The first kappa shape index (κ1) is 17.3. The van der Waals surface area contributed by atoms with Gasteiger partial charge in [-0.1, -0.05) is 6.07 Å². The molecular weight excluding hydrogens is 296 g/mol. The van der Waals surface area contributed by atoms with Crippen LogP contribution in [0.15, 0.2) is 17.5 Å². The molecule has 1 aromatic rings. The molecule has 4 nitrogen and oxygen atoms in total. The van der Waals surface area contributed by atoms with E-state index < -0.39 is 5.60 Å². The maximum atomic E-state index is 12.1. The Labute approximate surface area is 138 Å². The number of amides is 1. The van der Waals surface area contributed by atoms with Crippen LogP contribution in [0.25, 0.3) is 0 Å². The van der Waals surface area contributed by atoms with Gasteiger partial charge in [0.2, 0.25) is 0 Å². The third-order valence-electron chi connectivity index (χ3n) is 4.10. The molecule has 0 bridgehead atoms. The molecule has 2 unspecified atom stereocenters. The van der Waals surface area contributed by atoms with Gasteiger partial charge in [-0.15, -0.1) is 11.3 Å². The molecule has 2 atom stereocenters. The highest BCUT2D eigenvalue weighted by molar-refractivity contribution is 7.10. The van der Waals surface area contributed by atoms with Crippen LogP contribution in [-0.2, 0) is 4.74 Å². The lowest BCUT2D eigenvalue weighted by Crippen LogP contribution is -2.36. The standard InChI is InChI=1S/C17H28N2O2S/c1-13(15-7-6-10-22-15)18(5)11-14-8-9-19(12-14)16(20)21-17(2,3)4/h6-7,10,13-14H,8-9,11-12H2,1-5H3. The molecule has 124 valence electrons. The molecular formula is C17H28N2O2S. The van der Waals surface area contributed by atoms with E-state index in [1.165, 1.54) is 4.88 Å². The van der Waals surface area contributed by atoms with Crippen LogP contribution in [-0.4, -0.2) is 48.2 Å². The lowest BCUT2D eigenvalue weighted by Gasteiger charge is -2.27. The highest BCUT2D eigenvalue weighted by atomic mass is 32.1. The number of hydrogen-bond donors (Lipinski definition) is 0. The second kappa shape index (κ2) is 7.01. The molecule has 1 saturated heterocycles. The van der Waals surface area contributed by atoms with Crippen molar-refractivity contribution in [3.8, 4) is 0 Å². The van der Waals surface area contributed by atoms with Gasteiger partial charge in [0.05, 0.1) is 0 Å². The molecule has 0 N–H and O–H groups in total. The summed E-state index contributed by atoms with van der Waals surface area (Å²) in [5.41, 5.74) is -0.417. The van der Waals surface area contributed by atoms with Gasteiger partial charge in [0.15, 0.2) is 0 Å². The molecule has 1 aromatic heterocycles. The van der Waals surface area contributed by atoms with Crippen molar-refractivity contribution in [2.75, 3.05) is 26.7 Å². The smallest absolute Gasteiger partial charge is 0.410 e. The quantitative estimate of drug-likeness (QED) is 0.839. The van der Waals surface area contributed by atoms with Gasteiger partial charge in [-0.3, -0.25) is 4.90 Å². The first-order chi connectivity index (χ1) is 10.3. The van der Waals surface area contributed by atoms with Crippen molar-refractivity contribution in [3.05, 3.63) is 22.4 Å². The maximum absolute atomic E-state index is 12.1. The van der Waals surface area contributed by atoms with Crippen molar-refractivity contribution in [2.24, 2.45) is 5.92 Å². The lowest BCUT2D eigenvalue weighted by molar-refractivity contribution is 0.0285. The second-order valence-corrected chi connectivity index (χ2v) is 8.19. The summed E-state index contributed by atoms with van der Waals surface area (Å²) in [6, 6.07) is 4.72. The number of thiophene rings is 1. The Kier molecular flexibility index (Phi) is 5.50. The van der Waals surface area contributed by atoms with E-state index in [4.69, 9.17) is 4.74 Å². The van der Waals surface area contributed by atoms with Crippen molar-refractivity contribution >= 4 is 17.4 Å². The molecule has 1 aliphatic rings. The molecule has 1 aliphatic heterocycles. The van der Waals surface area contributed by atoms with Gasteiger partial charge in [-0.25, -0.2) is 4.79 Å². The third kappa shape index (κ3) is 4.71. The van der Waals surface area contributed by atoms with Gasteiger partial charge >= 0.3 is 6.09 Å². The van der Waals surface area contributed by atoms with E-state index in [1.807, 2.05) is 25.7 Å². The Morgan fingerprint density at radius 1 is 1.55 bits per heavy atom. The van der Waals surface area contributed by atoms with Gasteiger partial charge in [-0.05, 0) is 58.5 Å². The van der Waals surface area contributed by atoms with Crippen LogP contribution in [0, 0.1) is 5.92 Å². The molecule has 0 aromatic carbocycles. The van der Waals surface area contributed by atoms with Crippen LogP contribution >= 0.6 is 11.3 Å². The Morgan fingerprint density at radius 2 is 2.27 bits per heavy atom. The number of rotatable bonds is 4. The molecule has 1 fully saturated rings. The van der Waals surface area contributed by atoms with Crippen LogP contribution in [0.3, 0.4) is 0 Å². The largest absolute Gasteiger partial charge is 0.444 e. The van der Waals surface area contributed by atoms with E-state index in [0.717, 1.165) is 26.1 Å². The molecule has 0 saturated carbocycles. The van der Waals surface area contributed by atoms with Gasteiger partial charge in [0.25, 0.3) is 0 Å². The van der Waals surface area contributed by atoms with Crippen LogP contribution in [0.1, 0.15) is 45.0 Å². The van der Waals surface area contributed by atoms with E-state index in [2.05, 4.69) is 36.4 Å². The van der Waals surface area contributed by atoms with Crippen molar-refractivity contribution in [1.29, 1.82) is 0 Å². The molecule has 1 amide bonds. The van der Waals surface area contributed by atoms with Gasteiger partial charge in [-0.2, -0.15) is 0 Å².